The van der Waals surface area contributed by atoms with Crippen LogP contribution in [0.5, 0.6) is 0 Å². The first-order chi connectivity index (χ1) is 24.7. The number of hydrogen-bond donors (Lipinski definition) is 0. The molecule has 0 N–H and O–H groups in total. The highest BCUT2D eigenvalue weighted by atomic mass is 16.5. The summed E-state index contributed by atoms with van der Waals surface area (Å²) in [6, 6.07) is 0. The minimum Gasteiger partial charge on any atom is -0.463 e. The Bertz CT molecular complexity index is 725. The van der Waals surface area contributed by atoms with Crippen molar-refractivity contribution in [3.05, 3.63) is 12.7 Å². The molecule has 0 saturated heterocycles. The smallest absolute Gasteiger partial charge is 0.330 e. The van der Waals surface area contributed by atoms with Crippen molar-refractivity contribution in [2.24, 2.45) is 5.41 Å². The van der Waals surface area contributed by atoms with Gasteiger partial charge in [-0.1, -0.05) is 195 Å². The average Bonchev–Trinajstić information content (AvgIpc) is 3.12. The summed E-state index contributed by atoms with van der Waals surface area (Å²) < 4.78 is 7.01. The van der Waals surface area contributed by atoms with E-state index in [0.29, 0.717) is 6.61 Å². The third kappa shape index (κ3) is 23.5. The van der Waals surface area contributed by atoms with Crippen LogP contribution < -0.4 is 0 Å². The zero-order valence-electron chi connectivity index (χ0n) is 36.5. The van der Waals surface area contributed by atoms with Gasteiger partial charge in [-0.15, -0.1) is 0 Å². The fourth-order valence-electron chi connectivity index (χ4n) is 8.86. The van der Waals surface area contributed by atoms with Gasteiger partial charge < -0.3 is 9.22 Å². The molecule has 0 aliphatic carbocycles. The number of rotatable bonds is 40. The summed E-state index contributed by atoms with van der Waals surface area (Å²) in [5, 5.41) is 0. The lowest BCUT2D eigenvalue weighted by Gasteiger charge is -2.59. The molecular formula is C48H96NO2+. The molecule has 0 aliphatic rings. The Labute approximate surface area is 322 Å². The monoisotopic (exact) mass is 719 g/mol. The van der Waals surface area contributed by atoms with Crippen LogP contribution in [0.15, 0.2) is 12.7 Å². The summed E-state index contributed by atoms with van der Waals surface area (Å²) in [7, 11) is 0. The van der Waals surface area contributed by atoms with Crippen molar-refractivity contribution in [2.75, 3.05) is 26.2 Å². The number of ether oxygens (including phenoxy) is 1. The molecule has 0 spiro atoms. The van der Waals surface area contributed by atoms with Crippen LogP contribution in [-0.4, -0.2) is 42.2 Å². The van der Waals surface area contributed by atoms with Gasteiger partial charge in [-0.25, -0.2) is 4.79 Å². The Balaban J connectivity index is 6.21. The molecule has 51 heavy (non-hydrogen) atoms. The van der Waals surface area contributed by atoms with E-state index >= 15 is 0 Å². The van der Waals surface area contributed by atoms with Crippen molar-refractivity contribution in [1.29, 1.82) is 0 Å². The Hall–Kier alpha value is -0.830. The first-order valence-corrected chi connectivity index (χ1v) is 23.4. The molecule has 0 saturated carbocycles. The van der Waals surface area contributed by atoms with Crippen LogP contribution in [0.2, 0.25) is 0 Å². The zero-order chi connectivity index (χ0) is 37.9. The summed E-state index contributed by atoms with van der Waals surface area (Å²) in [4.78, 5) is 12.2. The van der Waals surface area contributed by atoms with E-state index in [-0.39, 0.29) is 16.9 Å². The maximum absolute atomic E-state index is 12.2. The molecule has 0 aromatic rings. The Morgan fingerprint density at radius 2 is 0.765 bits per heavy atom. The second kappa shape index (κ2) is 33.7. The Morgan fingerprint density at radius 3 is 1.08 bits per heavy atom. The summed E-state index contributed by atoms with van der Waals surface area (Å²) >= 11 is 0. The first kappa shape index (κ1) is 50.2. The van der Waals surface area contributed by atoms with E-state index in [1.165, 1.54) is 229 Å². The molecule has 0 amide bonds. The molecule has 3 nitrogen and oxygen atoms in total. The van der Waals surface area contributed by atoms with E-state index in [1.807, 2.05) is 0 Å². The lowest BCUT2D eigenvalue weighted by Crippen LogP contribution is -2.69. The second-order valence-corrected chi connectivity index (χ2v) is 17.5. The van der Waals surface area contributed by atoms with Gasteiger partial charge in [0.2, 0.25) is 0 Å². The van der Waals surface area contributed by atoms with Gasteiger partial charge in [0.05, 0.1) is 31.8 Å². The lowest BCUT2D eigenvalue weighted by molar-refractivity contribution is -0.981. The average molecular weight is 719 g/mol. The quantitative estimate of drug-likeness (QED) is 0.0273. The molecule has 304 valence electrons. The molecular weight excluding hydrogens is 623 g/mol. The van der Waals surface area contributed by atoms with Crippen LogP contribution in [0.3, 0.4) is 0 Å². The van der Waals surface area contributed by atoms with Gasteiger partial charge in [-0.3, -0.25) is 0 Å². The maximum Gasteiger partial charge on any atom is 0.330 e. The largest absolute Gasteiger partial charge is 0.463 e. The SMILES string of the molecule is C=CC(=O)OCCC(C)(CCCCCCCC)C(C)(C)[N+](CCCCCCCCCC)(CCCCCCCCCC)CCCCCCCCCC. The third-order valence-electron chi connectivity index (χ3n) is 13.1. The van der Waals surface area contributed by atoms with E-state index in [4.69, 9.17) is 4.74 Å². The van der Waals surface area contributed by atoms with E-state index < -0.39 is 0 Å². The number of quaternary nitrogens is 1. The second-order valence-electron chi connectivity index (χ2n) is 17.5. The Morgan fingerprint density at radius 1 is 0.471 bits per heavy atom. The number of unbranched alkanes of at least 4 members (excludes halogenated alkanes) is 26. The topological polar surface area (TPSA) is 26.3 Å². The van der Waals surface area contributed by atoms with Crippen LogP contribution in [-0.2, 0) is 9.53 Å². The molecule has 0 aromatic carbocycles. The highest BCUT2D eigenvalue weighted by Crippen LogP contribution is 2.48. The van der Waals surface area contributed by atoms with Crippen molar-refractivity contribution in [2.45, 2.75) is 259 Å². The first-order valence-electron chi connectivity index (χ1n) is 23.4. The molecule has 0 heterocycles. The standard InChI is InChI=1S/C48H96NO2/c1-9-14-18-22-26-29-33-37-42-49(43-38-34-30-27-23-19-15-10-2,44-39-35-31-28-24-20-16-11-3)47(6,7)48(8,41-45-51-46(50)13-5)40-36-32-25-21-17-12-4/h13H,5,9-12,14-45H2,1-4,6-8H3/q+1. The number of carbonyl (C=O) groups is 1. The zero-order valence-corrected chi connectivity index (χ0v) is 36.5. The van der Waals surface area contributed by atoms with Gasteiger partial charge in [-0.05, 0) is 65.2 Å². The molecule has 0 bridgehead atoms. The van der Waals surface area contributed by atoms with Crippen LogP contribution in [0.25, 0.3) is 0 Å². The van der Waals surface area contributed by atoms with Gasteiger partial charge in [0, 0.05) is 11.5 Å². The number of esters is 1. The number of nitrogens with zero attached hydrogens (tertiary/aromatic N) is 1. The van der Waals surface area contributed by atoms with Gasteiger partial charge in [0.1, 0.15) is 0 Å². The normalized spacial score (nSPS) is 13.4. The molecule has 0 rings (SSSR count). The maximum atomic E-state index is 12.2. The summed E-state index contributed by atoms with van der Waals surface area (Å²) in [6.07, 6.45) is 44.7. The Kier molecular flexibility index (Phi) is 33.2. The summed E-state index contributed by atoms with van der Waals surface area (Å²) in [6.45, 7) is 25.3. The fourth-order valence-corrected chi connectivity index (χ4v) is 8.86. The molecule has 0 fully saturated rings. The summed E-state index contributed by atoms with van der Waals surface area (Å²) in [5.74, 6) is -0.271. The molecule has 1 unspecified atom stereocenters. The highest BCUT2D eigenvalue weighted by Gasteiger charge is 2.54. The van der Waals surface area contributed by atoms with Crippen molar-refractivity contribution in [3.8, 4) is 0 Å². The lowest BCUT2D eigenvalue weighted by atomic mass is 9.65. The van der Waals surface area contributed by atoms with E-state index in [1.54, 1.807) is 0 Å². The van der Waals surface area contributed by atoms with Gasteiger partial charge in [0.25, 0.3) is 0 Å². The van der Waals surface area contributed by atoms with Crippen LogP contribution in [0, 0.1) is 5.41 Å². The van der Waals surface area contributed by atoms with Gasteiger partial charge in [-0.2, -0.15) is 0 Å². The van der Waals surface area contributed by atoms with Crippen molar-refractivity contribution < 1.29 is 14.0 Å². The molecule has 0 radical (unpaired) electrons. The van der Waals surface area contributed by atoms with E-state index in [0.717, 1.165) is 6.42 Å². The third-order valence-corrected chi connectivity index (χ3v) is 13.1. The van der Waals surface area contributed by atoms with Gasteiger partial charge >= 0.3 is 5.97 Å². The molecule has 1 atom stereocenters. The van der Waals surface area contributed by atoms with Crippen LogP contribution in [0.1, 0.15) is 254 Å². The predicted molar refractivity (Wildman–Crippen MR) is 229 cm³/mol. The van der Waals surface area contributed by atoms with E-state index in [9.17, 15) is 4.79 Å². The number of hydrogen-bond acceptors (Lipinski definition) is 2. The minimum absolute atomic E-state index is 0.0969. The van der Waals surface area contributed by atoms with E-state index in [2.05, 4.69) is 55.0 Å². The van der Waals surface area contributed by atoms with Crippen LogP contribution in [0.4, 0.5) is 0 Å². The molecule has 3 heteroatoms. The highest BCUT2D eigenvalue weighted by molar-refractivity contribution is 5.81. The minimum atomic E-state index is -0.271. The predicted octanol–water partition coefficient (Wildman–Crippen LogP) is 15.9. The van der Waals surface area contributed by atoms with Crippen molar-refractivity contribution in [3.63, 3.8) is 0 Å². The van der Waals surface area contributed by atoms with Crippen molar-refractivity contribution >= 4 is 5.97 Å². The number of carbonyl (C=O) groups excluding carboxylic acids is 1. The van der Waals surface area contributed by atoms with Crippen molar-refractivity contribution in [1.82, 2.24) is 0 Å². The summed E-state index contributed by atoms with van der Waals surface area (Å²) in [5.41, 5.74) is 0.194. The van der Waals surface area contributed by atoms with Gasteiger partial charge in [0.15, 0.2) is 0 Å². The molecule has 0 aliphatic heterocycles. The molecule has 0 aromatic heterocycles. The fraction of sp³-hybridized carbons (Fsp3) is 0.938. The van der Waals surface area contributed by atoms with Crippen LogP contribution >= 0.6 is 0 Å².